The minimum absolute atomic E-state index is 0.0820. The van der Waals surface area contributed by atoms with Gasteiger partial charge >= 0.3 is 0 Å². The summed E-state index contributed by atoms with van der Waals surface area (Å²) in [5.41, 5.74) is 1.71. The van der Waals surface area contributed by atoms with Crippen LogP contribution in [-0.2, 0) is 11.2 Å². The number of hydrogen-bond donors (Lipinski definition) is 0. The number of carbonyl (C=O) groups is 1. The highest BCUT2D eigenvalue weighted by molar-refractivity contribution is 7.13. The number of rotatable bonds is 4. The van der Waals surface area contributed by atoms with Gasteiger partial charge in [0.25, 0.3) is 0 Å². The zero-order chi connectivity index (χ0) is 13.8. The molecule has 5 heteroatoms. The second-order valence-corrected chi connectivity index (χ2v) is 5.47. The number of amides is 1. The molecule has 1 amide bonds. The van der Waals surface area contributed by atoms with Gasteiger partial charge in [0, 0.05) is 24.5 Å². The van der Waals surface area contributed by atoms with Gasteiger partial charge in [-0.3, -0.25) is 4.79 Å². The van der Waals surface area contributed by atoms with E-state index in [9.17, 15) is 4.79 Å². The summed E-state index contributed by atoms with van der Waals surface area (Å²) in [6.07, 6.45) is 0.339. The number of nitrogens with zero attached hydrogens (tertiary/aromatic N) is 2. The zero-order valence-corrected chi connectivity index (χ0v) is 12.5. The highest BCUT2D eigenvalue weighted by atomic mass is 35.5. The largest absolute Gasteiger partial charge is 0.346 e. The molecular formula is C14H15ClN2OS. The minimum atomic E-state index is 0.0820. The predicted octanol–water partition coefficient (Wildman–Crippen LogP) is 3.48. The second-order valence-electron chi connectivity index (χ2n) is 4.21. The van der Waals surface area contributed by atoms with E-state index < -0.39 is 0 Å². The molecule has 0 unspecified atom stereocenters. The van der Waals surface area contributed by atoms with Gasteiger partial charge in [-0.2, -0.15) is 0 Å². The van der Waals surface area contributed by atoms with E-state index in [1.165, 1.54) is 11.3 Å². The Hall–Kier alpha value is -1.39. The molecule has 1 heterocycles. The minimum Gasteiger partial charge on any atom is -0.346 e. The number of likely N-dealkylation sites (N-methyl/N-ethyl adjacent to an activating group) is 1. The molecule has 1 aromatic carbocycles. The van der Waals surface area contributed by atoms with E-state index in [1.54, 1.807) is 11.9 Å². The van der Waals surface area contributed by atoms with E-state index in [1.807, 2.05) is 36.6 Å². The van der Waals surface area contributed by atoms with Crippen molar-refractivity contribution < 1.29 is 4.79 Å². The Bertz CT molecular complexity index is 582. The SMILES string of the molecule is CCN(C)C(=O)Cc1csc(-c2ccccc2Cl)n1. The smallest absolute Gasteiger partial charge is 0.228 e. The van der Waals surface area contributed by atoms with Crippen LogP contribution in [0.5, 0.6) is 0 Å². The molecule has 0 spiro atoms. The van der Waals surface area contributed by atoms with Crippen LogP contribution < -0.4 is 0 Å². The lowest BCUT2D eigenvalue weighted by Crippen LogP contribution is -2.27. The summed E-state index contributed by atoms with van der Waals surface area (Å²) in [4.78, 5) is 18.0. The fourth-order valence-electron chi connectivity index (χ4n) is 1.61. The van der Waals surface area contributed by atoms with Crippen molar-refractivity contribution in [3.63, 3.8) is 0 Å². The van der Waals surface area contributed by atoms with Crippen LogP contribution in [0, 0.1) is 0 Å². The molecule has 0 aliphatic carbocycles. The number of hydrogen-bond acceptors (Lipinski definition) is 3. The fourth-order valence-corrected chi connectivity index (χ4v) is 2.75. The molecule has 0 fully saturated rings. The van der Waals surface area contributed by atoms with Crippen molar-refractivity contribution in [2.45, 2.75) is 13.3 Å². The summed E-state index contributed by atoms with van der Waals surface area (Å²) in [7, 11) is 1.80. The van der Waals surface area contributed by atoms with Crippen LogP contribution in [0.15, 0.2) is 29.6 Å². The van der Waals surface area contributed by atoms with Crippen LogP contribution in [0.2, 0.25) is 5.02 Å². The van der Waals surface area contributed by atoms with Crippen molar-refractivity contribution in [2.75, 3.05) is 13.6 Å². The van der Waals surface area contributed by atoms with Crippen molar-refractivity contribution in [1.29, 1.82) is 0 Å². The summed E-state index contributed by atoms with van der Waals surface area (Å²) in [6, 6.07) is 7.59. The Kier molecular flexibility index (Phi) is 4.56. The summed E-state index contributed by atoms with van der Waals surface area (Å²) in [6.45, 7) is 2.66. The number of benzene rings is 1. The van der Waals surface area contributed by atoms with Crippen molar-refractivity contribution in [3.8, 4) is 10.6 Å². The highest BCUT2D eigenvalue weighted by Crippen LogP contribution is 2.30. The van der Waals surface area contributed by atoms with Crippen molar-refractivity contribution >= 4 is 28.8 Å². The molecular weight excluding hydrogens is 280 g/mol. The van der Waals surface area contributed by atoms with Gasteiger partial charge in [-0.15, -0.1) is 11.3 Å². The molecule has 0 bridgehead atoms. The van der Waals surface area contributed by atoms with E-state index in [2.05, 4.69) is 4.98 Å². The van der Waals surface area contributed by atoms with Crippen molar-refractivity contribution in [1.82, 2.24) is 9.88 Å². The Morgan fingerprint density at radius 1 is 1.42 bits per heavy atom. The van der Waals surface area contributed by atoms with E-state index in [0.29, 0.717) is 18.0 Å². The number of halogens is 1. The van der Waals surface area contributed by atoms with Crippen LogP contribution >= 0.6 is 22.9 Å². The van der Waals surface area contributed by atoms with E-state index in [-0.39, 0.29) is 5.91 Å². The fraction of sp³-hybridized carbons (Fsp3) is 0.286. The third kappa shape index (κ3) is 3.33. The predicted molar refractivity (Wildman–Crippen MR) is 79.6 cm³/mol. The maximum Gasteiger partial charge on any atom is 0.228 e. The maximum atomic E-state index is 11.8. The lowest BCUT2D eigenvalue weighted by molar-refractivity contribution is -0.129. The quantitative estimate of drug-likeness (QED) is 0.865. The average molecular weight is 295 g/mol. The Balaban J connectivity index is 2.16. The molecule has 19 heavy (non-hydrogen) atoms. The first kappa shape index (κ1) is 14.0. The summed E-state index contributed by atoms with van der Waals surface area (Å²) >= 11 is 7.65. The Morgan fingerprint density at radius 3 is 2.84 bits per heavy atom. The molecule has 1 aromatic heterocycles. The number of aromatic nitrogens is 1. The molecule has 0 aliphatic heterocycles. The van der Waals surface area contributed by atoms with E-state index in [4.69, 9.17) is 11.6 Å². The zero-order valence-electron chi connectivity index (χ0n) is 10.9. The van der Waals surface area contributed by atoms with Crippen LogP contribution in [0.4, 0.5) is 0 Å². The van der Waals surface area contributed by atoms with Gasteiger partial charge < -0.3 is 4.90 Å². The van der Waals surface area contributed by atoms with Crippen LogP contribution in [0.1, 0.15) is 12.6 Å². The van der Waals surface area contributed by atoms with E-state index >= 15 is 0 Å². The molecule has 0 radical (unpaired) electrons. The molecule has 0 atom stereocenters. The molecule has 0 N–H and O–H groups in total. The molecule has 0 saturated heterocycles. The Morgan fingerprint density at radius 2 is 2.16 bits per heavy atom. The van der Waals surface area contributed by atoms with Gasteiger partial charge in [0.1, 0.15) is 5.01 Å². The third-order valence-electron chi connectivity index (χ3n) is 2.89. The topological polar surface area (TPSA) is 33.2 Å². The second kappa shape index (κ2) is 6.17. The van der Waals surface area contributed by atoms with Crippen molar-refractivity contribution in [2.24, 2.45) is 0 Å². The maximum absolute atomic E-state index is 11.8. The monoisotopic (exact) mass is 294 g/mol. The standard InChI is InChI=1S/C14H15ClN2OS/c1-3-17(2)13(18)8-10-9-19-14(16-10)11-6-4-5-7-12(11)15/h4-7,9H,3,8H2,1-2H3. The summed E-state index contributed by atoms with van der Waals surface area (Å²) in [5, 5.41) is 3.45. The van der Waals surface area contributed by atoms with Gasteiger partial charge in [-0.1, -0.05) is 29.8 Å². The lowest BCUT2D eigenvalue weighted by atomic mass is 10.2. The van der Waals surface area contributed by atoms with Gasteiger partial charge in [-0.05, 0) is 13.0 Å². The first-order chi connectivity index (χ1) is 9.11. The lowest BCUT2D eigenvalue weighted by Gasteiger charge is -2.12. The first-order valence-corrected chi connectivity index (χ1v) is 7.31. The van der Waals surface area contributed by atoms with E-state index in [0.717, 1.165) is 16.3 Å². The van der Waals surface area contributed by atoms with Crippen LogP contribution in [0.25, 0.3) is 10.6 Å². The van der Waals surface area contributed by atoms with Crippen LogP contribution in [-0.4, -0.2) is 29.4 Å². The molecule has 3 nitrogen and oxygen atoms in total. The highest BCUT2D eigenvalue weighted by Gasteiger charge is 2.12. The van der Waals surface area contributed by atoms with Gasteiger partial charge in [0.05, 0.1) is 17.1 Å². The Labute approximate surface area is 121 Å². The molecule has 2 aromatic rings. The van der Waals surface area contributed by atoms with Crippen LogP contribution in [0.3, 0.4) is 0 Å². The van der Waals surface area contributed by atoms with Crippen molar-refractivity contribution in [3.05, 3.63) is 40.4 Å². The summed E-state index contributed by atoms with van der Waals surface area (Å²) in [5.74, 6) is 0.0820. The average Bonchev–Trinajstić information content (AvgIpc) is 2.86. The van der Waals surface area contributed by atoms with Gasteiger partial charge in [0.2, 0.25) is 5.91 Å². The van der Waals surface area contributed by atoms with Gasteiger partial charge in [0.15, 0.2) is 0 Å². The molecule has 100 valence electrons. The normalized spacial score (nSPS) is 10.5. The number of thiazole rings is 1. The first-order valence-electron chi connectivity index (χ1n) is 6.05. The van der Waals surface area contributed by atoms with Gasteiger partial charge in [-0.25, -0.2) is 4.98 Å². The number of carbonyl (C=O) groups excluding carboxylic acids is 1. The molecule has 2 rings (SSSR count). The molecule has 0 saturated carbocycles. The molecule has 0 aliphatic rings. The third-order valence-corrected chi connectivity index (χ3v) is 4.14. The summed E-state index contributed by atoms with van der Waals surface area (Å²) < 4.78 is 0.